The van der Waals surface area contributed by atoms with Crippen LogP contribution in [0.25, 0.3) is 104 Å². The van der Waals surface area contributed by atoms with Crippen molar-refractivity contribution in [2.75, 3.05) is 0 Å². The first-order valence-electron chi connectivity index (χ1n) is 18.9. The van der Waals surface area contributed by atoms with E-state index < -0.39 is 0 Å². The predicted molar refractivity (Wildman–Crippen MR) is 236 cm³/mol. The van der Waals surface area contributed by atoms with Crippen LogP contribution in [0.4, 0.5) is 0 Å². The van der Waals surface area contributed by atoms with E-state index >= 15 is 0 Å². The van der Waals surface area contributed by atoms with Gasteiger partial charge < -0.3 is 4.57 Å². The number of fused-ring (bicyclic) bond motifs is 6. The molecule has 0 aliphatic carbocycles. The number of hydrogen-bond donors (Lipinski definition) is 0. The highest BCUT2D eigenvalue weighted by atomic mass is 32.1. The largest absolute Gasteiger partial charge is 0.309 e. The molecule has 0 radical (unpaired) electrons. The lowest BCUT2D eigenvalue weighted by Gasteiger charge is -2.13. The van der Waals surface area contributed by atoms with Crippen LogP contribution in [0.1, 0.15) is 0 Å². The van der Waals surface area contributed by atoms with Crippen molar-refractivity contribution < 1.29 is 0 Å². The Morgan fingerprint density at radius 1 is 0.357 bits per heavy atom. The van der Waals surface area contributed by atoms with Gasteiger partial charge in [-0.15, -0.1) is 11.3 Å². The van der Waals surface area contributed by atoms with Gasteiger partial charge in [0.15, 0.2) is 5.82 Å². The van der Waals surface area contributed by atoms with Crippen molar-refractivity contribution in [3.05, 3.63) is 200 Å². The van der Waals surface area contributed by atoms with Crippen molar-refractivity contribution in [1.82, 2.24) is 14.5 Å². The molecule has 0 amide bonds. The minimum atomic E-state index is 0.692. The van der Waals surface area contributed by atoms with Crippen molar-refractivity contribution in [1.29, 1.82) is 0 Å². The fraction of sp³-hybridized carbons (Fsp3) is 0. The van der Waals surface area contributed by atoms with Crippen molar-refractivity contribution in [2.24, 2.45) is 0 Å². The summed E-state index contributed by atoms with van der Waals surface area (Å²) in [6.45, 7) is 0. The van der Waals surface area contributed by atoms with Gasteiger partial charge in [-0.3, -0.25) is 0 Å². The maximum absolute atomic E-state index is 5.30. The highest BCUT2D eigenvalue weighted by Gasteiger charge is 2.19. The number of hydrogen-bond acceptors (Lipinski definition) is 3. The number of benzene rings is 8. The van der Waals surface area contributed by atoms with Crippen molar-refractivity contribution >= 4 is 53.3 Å². The van der Waals surface area contributed by atoms with E-state index in [1.807, 2.05) is 17.4 Å². The van der Waals surface area contributed by atoms with E-state index in [9.17, 15) is 0 Å². The molecule has 11 rings (SSSR count). The summed E-state index contributed by atoms with van der Waals surface area (Å²) in [7, 11) is 0. The first kappa shape index (κ1) is 32.3. The molecule has 0 bridgehead atoms. The Bertz CT molecular complexity index is 3250. The number of para-hydroxylation sites is 1. The van der Waals surface area contributed by atoms with E-state index in [2.05, 4.69) is 199 Å². The molecule has 0 unspecified atom stereocenters. The molecule has 4 heteroatoms. The third kappa shape index (κ3) is 5.42. The molecule has 0 saturated carbocycles. The minimum absolute atomic E-state index is 0.692. The lowest BCUT2D eigenvalue weighted by Crippen LogP contribution is -1.97. The fourth-order valence-corrected chi connectivity index (χ4v) is 9.35. The summed E-state index contributed by atoms with van der Waals surface area (Å²) < 4.78 is 5.04. The van der Waals surface area contributed by atoms with Crippen LogP contribution >= 0.6 is 11.3 Å². The van der Waals surface area contributed by atoms with Gasteiger partial charge >= 0.3 is 0 Å². The standard InChI is InChI=1S/C52H33N3S/c1-3-15-34(16-4-1)39-21-7-8-22-41(39)46-33-45(35-17-5-2-6-18-35)53-52(54-46)37-20-13-19-36(31-37)40-25-14-27-48-51(40)43-24-9-11-26-47(43)55(48)38-29-30-50-44(32-38)42-23-10-12-28-49(42)56-50/h1-33H. The second-order valence-corrected chi connectivity index (χ2v) is 15.2. The van der Waals surface area contributed by atoms with Crippen LogP contribution in [0, 0.1) is 0 Å². The second kappa shape index (κ2) is 13.3. The summed E-state index contributed by atoms with van der Waals surface area (Å²) in [6, 6.07) is 71.4. The molecule has 0 aliphatic heterocycles. The van der Waals surface area contributed by atoms with Crippen LogP contribution < -0.4 is 0 Å². The van der Waals surface area contributed by atoms with Crippen LogP contribution in [0.5, 0.6) is 0 Å². The van der Waals surface area contributed by atoms with Crippen LogP contribution in [0.3, 0.4) is 0 Å². The predicted octanol–water partition coefficient (Wildman–Crippen LogP) is 14.3. The monoisotopic (exact) mass is 731 g/mol. The molecule has 0 aliphatic rings. The fourth-order valence-electron chi connectivity index (χ4n) is 8.26. The van der Waals surface area contributed by atoms with Crippen molar-refractivity contribution in [3.8, 4) is 61.8 Å². The summed E-state index contributed by atoms with van der Waals surface area (Å²) in [5, 5.41) is 5.05. The molecule has 3 heterocycles. The minimum Gasteiger partial charge on any atom is -0.309 e. The Hall–Kier alpha value is -7.14. The van der Waals surface area contributed by atoms with Gasteiger partial charge in [0.05, 0.1) is 22.4 Å². The topological polar surface area (TPSA) is 30.7 Å². The molecule has 0 atom stereocenters. The third-order valence-corrected chi connectivity index (χ3v) is 12.0. The molecule has 0 saturated heterocycles. The van der Waals surface area contributed by atoms with Crippen LogP contribution in [-0.4, -0.2) is 14.5 Å². The van der Waals surface area contributed by atoms with Gasteiger partial charge in [0, 0.05) is 53.3 Å². The van der Waals surface area contributed by atoms with E-state index in [4.69, 9.17) is 9.97 Å². The van der Waals surface area contributed by atoms with Gasteiger partial charge in [-0.25, -0.2) is 9.97 Å². The summed E-state index contributed by atoms with van der Waals surface area (Å²) in [5.41, 5.74) is 13.0. The molecule has 0 fully saturated rings. The van der Waals surface area contributed by atoms with Gasteiger partial charge in [-0.05, 0) is 70.8 Å². The molecule has 56 heavy (non-hydrogen) atoms. The van der Waals surface area contributed by atoms with E-state index in [1.165, 1.54) is 47.5 Å². The highest BCUT2D eigenvalue weighted by Crippen LogP contribution is 2.42. The normalized spacial score (nSPS) is 11.6. The molecule has 262 valence electrons. The van der Waals surface area contributed by atoms with Gasteiger partial charge in [-0.2, -0.15) is 0 Å². The van der Waals surface area contributed by atoms with Crippen molar-refractivity contribution in [2.45, 2.75) is 0 Å². The Labute approximate surface area is 328 Å². The number of thiophene rings is 1. The number of aromatic nitrogens is 3. The van der Waals surface area contributed by atoms with Gasteiger partial charge in [0.1, 0.15) is 0 Å². The first-order chi connectivity index (χ1) is 27.8. The van der Waals surface area contributed by atoms with Crippen LogP contribution in [0.2, 0.25) is 0 Å². The van der Waals surface area contributed by atoms with Crippen LogP contribution in [0.15, 0.2) is 200 Å². The van der Waals surface area contributed by atoms with Crippen molar-refractivity contribution in [3.63, 3.8) is 0 Å². The maximum atomic E-state index is 5.30. The first-order valence-corrected chi connectivity index (χ1v) is 19.7. The highest BCUT2D eigenvalue weighted by molar-refractivity contribution is 7.25. The lowest BCUT2D eigenvalue weighted by molar-refractivity contribution is 1.18. The van der Waals surface area contributed by atoms with Gasteiger partial charge in [0.25, 0.3) is 0 Å². The lowest BCUT2D eigenvalue weighted by atomic mass is 9.96. The van der Waals surface area contributed by atoms with E-state index in [-0.39, 0.29) is 0 Å². The molecular formula is C52H33N3S. The number of nitrogens with zero attached hydrogens (tertiary/aromatic N) is 3. The average Bonchev–Trinajstić information content (AvgIpc) is 3.82. The summed E-state index contributed by atoms with van der Waals surface area (Å²) >= 11 is 1.85. The average molecular weight is 732 g/mol. The smallest absolute Gasteiger partial charge is 0.160 e. The Kier molecular flexibility index (Phi) is 7.68. The Balaban J connectivity index is 1.09. The van der Waals surface area contributed by atoms with Gasteiger partial charge in [0.2, 0.25) is 0 Å². The van der Waals surface area contributed by atoms with Crippen LogP contribution in [-0.2, 0) is 0 Å². The summed E-state index contributed by atoms with van der Waals surface area (Å²) in [5.74, 6) is 0.692. The zero-order valence-corrected chi connectivity index (χ0v) is 31.1. The van der Waals surface area contributed by atoms with E-state index in [1.54, 1.807) is 0 Å². The SMILES string of the molecule is c1ccc(-c2cc(-c3ccccc3-c3ccccc3)nc(-c3cccc(-c4cccc5c4c4ccccc4n5-c4ccc5sc6ccccc6c5c4)c3)n2)cc1. The molecule has 0 N–H and O–H groups in total. The maximum Gasteiger partial charge on any atom is 0.160 e. The molecule has 11 aromatic rings. The zero-order valence-electron chi connectivity index (χ0n) is 30.3. The van der Waals surface area contributed by atoms with Gasteiger partial charge in [-0.1, -0.05) is 152 Å². The second-order valence-electron chi connectivity index (χ2n) is 14.2. The van der Waals surface area contributed by atoms with E-state index in [0.717, 1.165) is 50.5 Å². The summed E-state index contributed by atoms with van der Waals surface area (Å²) in [6.07, 6.45) is 0. The Morgan fingerprint density at radius 3 is 1.82 bits per heavy atom. The number of rotatable bonds is 6. The Morgan fingerprint density at radius 2 is 0.964 bits per heavy atom. The molecular weight excluding hydrogens is 699 g/mol. The zero-order chi connectivity index (χ0) is 37.0. The third-order valence-electron chi connectivity index (χ3n) is 10.8. The summed E-state index contributed by atoms with van der Waals surface area (Å²) in [4.78, 5) is 10.5. The molecule has 0 spiro atoms. The molecule has 3 nitrogen and oxygen atoms in total. The molecule has 3 aromatic heterocycles. The molecule has 8 aromatic carbocycles. The van der Waals surface area contributed by atoms with E-state index in [0.29, 0.717) is 5.82 Å². The quantitative estimate of drug-likeness (QED) is 0.170.